The monoisotopic (exact) mass is 397 g/mol. The number of nitrogens with one attached hydrogen (secondary N) is 1. The summed E-state index contributed by atoms with van der Waals surface area (Å²) in [5, 5.41) is 4.70. The molecule has 142 valence electrons. The Bertz CT molecular complexity index is 906. The van der Waals surface area contributed by atoms with Crippen molar-refractivity contribution in [1.82, 2.24) is 14.3 Å². The summed E-state index contributed by atoms with van der Waals surface area (Å²) < 4.78 is 33.3. The fourth-order valence-electron chi connectivity index (χ4n) is 3.38. The zero-order chi connectivity index (χ0) is 18.7. The Balaban J connectivity index is 1.86. The number of methoxy groups -OCH3 is 1. The van der Waals surface area contributed by atoms with E-state index in [1.165, 1.54) is 0 Å². The van der Waals surface area contributed by atoms with Crippen LogP contribution in [0.1, 0.15) is 6.42 Å². The zero-order valence-electron chi connectivity index (χ0n) is 15.1. The summed E-state index contributed by atoms with van der Waals surface area (Å²) in [5.41, 5.74) is 1.00. The molecule has 2 atom stereocenters. The van der Waals surface area contributed by atoms with E-state index in [4.69, 9.17) is 22.1 Å². The second kappa shape index (κ2) is 7.99. The third-order valence-corrected chi connectivity index (χ3v) is 7.12. The predicted octanol–water partition coefficient (Wildman–Crippen LogP) is 0.294. The summed E-state index contributed by atoms with van der Waals surface area (Å²) in [6.45, 7) is 1.82. The molecule has 1 aliphatic heterocycles. The van der Waals surface area contributed by atoms with Crippen LogP contribution < -0.4 is 4.90 Å². The van der Waals surface area contributed by atoms with Gasteiger partial charge in [-0.1, -0.05) is 30.3 Å². The number of hydrogen-bond acceptors (Lipinski definition) is 5. The topological polar surface area (TPSA) is 70.6 Å². The van der Waals surface area contributed by atoms with Gasteiger partial charge in [-0.15, -0.1) is 5.10 Å². The maximum absolute atomic E-state index is 11.9. The average molecular weight is 398 g/mol. The normalized spacial score (nSPS) is 20.3. The standard InChI is InChI=1S/C17H24N4O3S2/c1-19-16(14-6-4-3-5-7-14)18-21(17(19)25)13-20(9-10-24-2)15-8-11-26(22,23)12-15/h3-7,15H,8-13H2,1-2H3/p+1/t15-/m0/s1. The van der Waals surface area contributed by atoms with Gasteiger partial charge in [0.15, 0.2) is 22.3 Å². The second-order valence-electron chi connectivity index (χ2n) is 6.69. The maximum atomic E-state index is 11.9. The molecule has 26 heavy (non-hydrogen) atoms. The van der Waals surface area contributed by atoms with Crippen LogP contribution in [-0.2, 0) is 28.3 Å². The van der Waals surface area contributed by atoms with Crippen molar-refractivity contribution in [2.45, 2.75) is 19.1 Å². The van der Waals surface area contributed by atoms with Crippen molar-refractivity contribution in [2.24, 2.45) is 7.05 Å². The van der Waals surface area contributed by atoms with Crippen LogP contribution in [0.5, 0.6) is 0 Å². The van der Waals surface area contributed by atoms with E-state index in [1.807, 2.05) is 41.9 Å². The van der Waals surface area contributed by atoms with Gasteiger partial charge in [0.05, 0.1) is 12.4 Å². The van der Waals surface area contributed by atoms with Gasteiger partial charge >= 0.3 is 0 Å². The van der Waals surface area contributed by atoms with E-state index < -0.39 is 9.84 Å². The molecule has 3 rings (SSSR count). The van der Waals surface area contributed by atoms with Crippen molar-refractivity contribution >= 4 is 22.1 Å². The van der Waals surface area contributed by atoms with Crippen LogP contribution in [0.2, 0.25) is 0 Å². The molecule has 9 heteroatoms. The second-order valence-corrected chi connectivity index (χ2v) is 9.28. The smallest absolute Gasteiger partial charge is 0.202 e. The molecule has 7 nitrogen and oxygen atoms in total. The molecule has 1 fully saturated rings. The molecular weight excluding hydrogens is 372 g/mol. The first-order valence-electron chi connectivity index (χ1n) is 8.64. The van der Waals surface area contributed by atoms with Gasteiger partial charge in [0.25, 0.3) is 0 Å². The van der Waals surface area contributed by atoms with Gasteiger partial charge in [-0.25, -0.2) is 8.42 Å². The third-order valence-electron chi connectivity index (χ3n) is 4.86. The Kier molecular flexibility index (Phi) is 5.91. The molecule has 0 saturated carbocycles. The zero-order valence-corrected chi connectivity index (χ0v) is 16.7. The van der Waals surface area contributed by atoms with Gasteiger partial charge in [-0.05, 0) is 12.2 Å². The lowest BCUT2D eigenvalue weighted by Gasteiger charge is -2.24. The Morgan fingerprint density at radius 3 is 2.69 bits per heavy atom. The van der Waals surface area contributed by atoms with E-state index in [2.05, 4.69) is 0 Å². The van der Waals surface area contributed by atoms with E-state index in [-0.39, 0.29) is 17.5 Å². The number of hydrogen-bond donors (Lipinski definition) is 1. The summed E-state index contributed by atoms with van der Waals surface area (Å²) in [4.78, 5) is 1.14. The van der Waals surface area contributed by atoms with Gasteiger partial charge < -0.3 is 14.2 Å². The van der Waals surface area contributed by atoms with Crippen LogP contribution in [0.15, 0.2) is 30.3 Å². The van der Waals surface area contributed by atoms with Crippen molar-refractivity contribution in [3.8, 4) is 11.4 Å². The molecule has 0 aliphatic carbocycles. The van der Waals surface area contributed by atoms with Gasteiger partial charge in [0.2, 0.25) is 4.77 Å². The van der Waals surface area contributed by atoms with Crippen LogP contribution >= 0.6 is 12.2 Å². The summed E-state index contributed by atoms with van der Waals surface area (Å²) in [5.74, 6) is 1.29. The molecule has 0 amide bonds. The van der Waals surface area contributed by atoms with E-state index in [1.54, 1.807) is 11.8 Å². The van der Waals surface area contributed by atoms with Crippen molar-refractivity contribution in [2.75, 3.05) is 31.8 Å². The molecule has 1 N–H and O–H groups in total. The lowest BCUT2D eigenvalue weighted by molar-refractivity contribution is -0.945. The first-order chi connectivity index (χ1) is 12.4. The summed E-state index contributed by atoms with van der Waals surface area (Å²) in [6.07, 6.45) is 0.674. The maximum Gasteiger partial charge on any atom is 0.202 e. The van der Waals surface area contributed by atoms with Gasteiger partial charge in [-0.2, -0.15) is 4.68 Å². The highest BCUT2D eigenvalue weighted by atomic mass is 32.2. The molecule has 0 bridgehead atoms. The first-order valence-corrected chi connectivity index (χ1v) is 10.9. The minimum absolute atomic E-state index is 0.0548. The Morgan fingerprint density at radius 1 is 1.35 bits per heavy atom. The van der Waals surface area contributed by atoms with E-state index in [9.17, 15) is 8.42 Å². The Labute approximate surface area is 159 Å². The molecule has 1 saturated heterocycles. The van der Waals surface area contributed by atoms with Crippen molar-refractivity contribution in [3.63, 3.8) is 0 Å². The fraction of sp³-hybridized carbons (Fsp3) is 0.529. The van der Waals surface area contributed by atoms with Gasteiger partial charge in [0.1, 0.15) is 18.3 Å². The summed E-state index contributed by atoms with van der Waals surface area (Å²) >= 11 is 5.57. The number of quaternary nitrogens is 1. The van der Waals surface area contributed by atoms with Crippen molar-refractivity contribution in [3.05, 3.63) is 35.1 Å². The molecule has 2 heterocycles. The van der Waals surface area contributed by atoms with Crippen molar-refractivity contribution < 1.29 is 18.1 Å². The van der Waals surface area contributed by atoms with Crippen molar-refractivity contribution in [1.29, 1.82) is 0 Å². The number of aromatic nitrogens is 3. The highest BCUT2D eigenvalue weighted by Gasteiger charge is 2.35. The van der Waals surface area contributed by atoms with E-state index in [0.717, 1.165) is 22.8 Å². The van der Waals surface area contributed by atoms with Crippen LogP contribution in [0, 0.1) is 4.77 Å². The predicted molar refractivity (Wildman–Crippen MR) is 102 cm³/mol. The summed E-state index contributed by atoms with van der Waals surface area (Å²) in [6, 6.07) is 9.96. The average Bonchev–Trinajstić information content (AvgIpc) is 3.13. The number of ether oxygens (including phenoxy) is 1. The molecule has 0 spiro atoms. The Hall–Kier alpha value is -1.55. The lowest BCUT2D eigenvalue weighted by Crippen LogP contribution is -3.16. The number of benzene rings is 1. The molecule has 0 radical (unpaired) electrons. The van der Waals surface area contributed by atoms with Gasteiger partial charge in [0, 0.05) is 26.1 Å². The molecule has 1 aliphatic rings. The highest BCUT2D eigenvalue weighted by Crippen LogP contribution is 2.16. The van der Waals surface area contributed by atoms with E-state index in [0.29, 0.717) is 24.5 Å². The quantitative estimate of drug-likeness (QED) is 0.681. The van der Waals surface area contributed by atoms with Crippen LogP contribution in [0.3, 0.4) is 0 Å². The van der Waals surface area contributed by atoms with E-state index >= 15 is 0 Å². The van der Waals surface area contributed by atoms with Gasteiger partial charge in [-0.3, -0.25) is 0 Å². The summed E-state index contributed by atoms with van der Waals surface area (Å²) in [7, 11) is 0.625. The number of sulfone groups is 1. The highest BCUT2D eigenvalue weighted by molar-refractivity contribution is 7.91. The van der Waals surface area contributed by atoms with Crippen LogP contribution in [-0.4, -0.2) is 60.6 Å². The van der Waals surface area contributed by atoms with Crippen LogP contribution in [0.25, 0.3) is 11.4 Å². The molecular formula is C17H25N4O3S2+. The SMILES string of the molecule is COCC[NH+](Cn1nc(-c2ccccc2)n(C)c1=S)[C@H]1CCS(=O)(=O)C1. The molecule has 1 aromatic carbocycles. The largest absolute Gasteiger partial charge is 0.379 e. The minimum atomic E-state index is -2.94. The third kappa shape index (κ3) is 4.22. The Morgan fingerprint density at radius 2 is 2.08 bits per heavy atom. The molecule has 1 unspecified atom stereocenters. The van der Waals surface area contributed by atoms with Crippen LogP contribution in [0.4, 0.5) is 0 Å². The molecule has 1 aromatic heterocycles. The first kappa shape index (κ1) is 19.2. The number of nitrogens with zero attached hydrogens (tertiary/aromatic N) is 3. The minimum Gasteiger partial charge on any atom is -0.379 e. The number of rotatable bonds is 7. The molecule has 2 aromatic rings. The fourth-order valence-corrected chi connectivity index (χ4v) is 5.40. The lowest BCUT2D eigenvalue weighted by atomic mass is 10.2.